The minimum atomic E-state index is -0.790. The van der Waals surface area contributed by atoms with Crippen LogP contribution in [0.3, 0.4) is 0 Å². The molecule has 10 heteroatoms. The molecule has 248 valence electrons. The fraction of sp³-hybridized carbons (Fsp3) is 0.706. The molecule has 2 aliphatic rings. The van der Waals surface area contributed by atoms with E-state index in [1.165, 1.54) is 5.56 Å². The fourth-order valence-corrected chi connectivity index (χ4v) is 4.80. The highest BCUT2D eigenvalue weighted by molar-refractivity contribution is 5.95. The van der Waals surface area contributed by atoms with Gasteiger partial charge in [-0.05, 0) is 97.3 Å². The molecular formula is C34H55N3O7. The van der Waals surface area contributed by atoms with Gasteiger partial charge >= 0.3 is 18.2 Å². The van der Waals surface area contributed by atoms with Gasteiger partial charge in [-0.25, -0.2) is 9.59 Å². The molecule has 10 nitrogen and oxygen atoms in total. The van der Waals surface area contributed by atoms with Crippen molar-refractivity contribution in [2.45, 2.75) is 118 Å². The average molecular weight is 618 g/mol. The third kappa shape index (κ3) is 11.0. The van der Waals surface area contributed by atoms with Crippen LogP contribution in [-0.4, -0.2) is 76.4 Å². The van der Waals surface area contributed by atoms with E-state index in [-0.39, 0.29) is 23.5 Å². The summed E-state index contributed by atoms with van der Waals surface area (Å²) in [4.78, 5) is 51.2. The van der Waals surface area contributed by atoms with Crippen LogP contribution in [0.25, 0.3) is 0 Å². The number of benzene rings is 1. The number of hydrogen-bond donors (Lipinski definition) is 2. The van der Waals surface area contributed by atoms with Crippen LogP contribution in [0.15, 0.2) is 24.3 Å². The van der Waals surface area contributed by atoms with Gasteiger partial charge in [-0.3, -0.25) is 9.59 Å². The third-order valence-corrected chi connectivity index (χ3v) is 8.09. The number of carbonyl (C=O) groups is 4. The molecule has 2 saturated heterocycles. The molecule has 3 rings (SSSR count). The second kappa shape index (κ2) is 13.8. The van der Waals surface area contributed by atoms with Crippen molar-refractivity contribution < 1.29 is 33.8 Å². The summed E-state index contributed by atoms with van der Waals surface area (Å²) in [6.07, 6.45) is 1.53. The number of carbonyl (C=O) groups excluding carboxylic acids is 3. The Bertz CT molecular complexity index is 1170. The van der Waals surface area contributed by atoms with Crippen LogP contribution in [0.4, 0.5) is 15.3 Å². The molecular weight excluding hydrogens is 562 g/mol. The second-order valence-electron chi connectivity index (χ2n) is 15.6. The summed E-state index contributed by atoms with van der Waals surface area (Å²) >= 11 is 0. The van der Waals surface area contributed by atoms with Gasteiger partial charge in [-0.15, -0.1) is 0 Å². The Morgan fingerprint density at radius 2 is 1.14 bits per heavy atom. The zero-order valence-electron chi connectivity index (χ0n) is 28.8. The maximum atomic E-state index is 12.9. The highest BCUT2D eigenvalue weighted by atomic mass is 16.6. The topological polar surface area (TPSA) is 125 Å². The number of hydrogen-bond acceptors (Lipinski definition) is 6. The maximum Gasteiger partial charge on any atom is 0.410 e. The van der Waals surface area contributed by atoms with Gasteiger partial charge in [0.1, 0.15) is 11.2 Å². The highest BCUT2D eigenvalue weighted by Gasteiger charge is 2.40. The first-order valence-corrected chi connectivity index (χ1v) is 15.6. The minimum Gasteiger partial charge on any atom is -0.481 e. The standard InChI is InChI=1S/C22H34N2O3.C12H21NO4/c1-20(2,3)16-9-8-10-17(15-16)23-18(25)22(7)11-13-24(14-12-22)19(26)27-21(4,5)6;1-11(2,3)17-10(16)13-7-5-12(4,6-8-13)9(14)15/h8-10,15H,11-14H2,1-7H3,(H,23,25);5-8H2,1-4H3,(H,14,15). The zero-order chi connectivity index (χ0) is 33.7. The fourth-order valence-electron chi connectivity index (χ4n) is 4.80. The molecule has 2 fully saturated rings. The molecule has 0 atom stereocenters. The number of piperidine rings is 2. The van der Waals surface area contributed by atoms with E-state index in [0.29, 0.717) is 51.9 Å². The molecule has 0 radical (unpaired) electrons. The van der Waals surface area contributed by atoms with Crippen LogP contribution in [0.2, 0.25) is 0 Å². The summed E-state index contributed by atoms with van der Waals surface area (Å²) in [6.45, 7) is 23.1. The number of carboxylic acid groups (broad SMARTS) is 1. The van der Waals surface area contributed by atoms with Crippen molar-refractivity contribution in [2.24, 2.45) is 10.8 Å². The molecule has 0 aromatic heterocycles. The molecule has 0 unspecified atom stereocenters. The van der Waals surface area contributed by atoms with Crippen molar-refractivity contribution in [3.8, 4) is 0 Å². The molecule has 1 aromatic carbocycles. The van der Waals surface area contributed by atoms with E-state index >= 15 is 0 Å². The van der Waals surface area contributed by atoms with E-state index in [4.69, 9.17) is 14.6 Å². The van der Waals surface area contributed by atoms with Crippen LogP contribution in [0.5, 0.6) is 0 Å². The van der Waals surface area contributed by atoms with Crippen molar-refractivity contribution in [3.63, 3.8) is 0 Å². The molecule has 0 bridgehead atoms. The molecule has 2 heterocycles. The summed E-state index contributed by atoms with van der Waals surface area (Å²) in [5.41, 5.74) is -0.177. The first-order valence-electron chi connectivity index (χ1n) is 15.6. The van der Waals surface area contributed by atoms with Gasteiger partial charge in [0.25, 0.3) is 0 Å². The quantitative estimate of drug-likeness (QED) is 0.372. The minimum absolute atomic E-state index is 0.0115. The molecule has 0 saturated carbocycles. The zero-order valence-corrected chi connectivity index (χ0v) is 28.8. The maximum absolute atomic E-state index is 12.9. The number of rotatable bonds is 3. The first-order chi connectivity index (χ1) is 19.9. The largest absolute Gasteiger partial charge is 0.481 e. The molecule has 44 heavy (non-hydrogen) atoms. The molecule has 2 N–H and O–H groups in total. The summed E-state index contributed by atoms with van der Waals surface area (Å²) in [5, 5.41) is 12.1. The summed E-state index contributed by atoms with van der Waals surface area (Å²) in [6, 6.07) is 8.02. The van der Waals surface area contributed by atoms with Crippen LogP contribution in [-0.2, 0) is 24.5 Å². The average Bonchev–Trinajstić information content (AvgIpc) is 2.87. The van der Waals surface area contributed by atoms with Crippen LogP contribution < -0.4 is 5.32 Å². The van der Waals surface area contributed by atoms with E-state index in [0.717, 1.165) is 5.69 Å². The van der Waals surface area contributed by atoms with Crippen molar-refractivity contribution in [2.75, 3.05) is 31.5 Å². The normalized spacial score (nSPS) is 18.3. The lowest BCUT2D eigenvalue weighted by molar-refractivity contribution is -0.150. The summed E-state index contributed by atoms with van der Waals surface area (Å²) in [7, 11) is 0. The van der Waals surface area contributed by atoms with E-state index in [1.807, 2.05) is 66.7 Å². The molecule has 2 aliphatic heterocycles. The predicted molar refractivity (Wildman–Crippen MR) is 172 cm³/mol. The molecule has 0 spiro atoms. The number of amides is 3. The number of aliphatic carboxylic acids is 1. The van der Waals surface area contributed by atoms with Crippen molar-refractivity contribution in [1.29, 1.82) is 0 Å². The van der Waals surface area contributed by atoms with Gasteiger partial charge in [0, 0.05) is 31.9 Å². The molecule has 0 aliphatic carbocycles. The Balaban J connectivity index is 0.000000342. The lowest BCUT2D eigenvalue weighted by atomic mass is 9.79. The van der Waals surface area contributed by atoms with Crippen LogP contribution in [0.1, 0.15) is 107 Å². The van der Waals surface area contributed by atoms with Crippen molar-refractivity contribution in [3.05, 3.63) is 29.8 Å². The van der Waals surface area contributed by atoms with Crippen molar-refractivity contribution in [1.82, 2.24) is 9.80 Å². The lowest BCUT2D eigenvalue weighted by Crippen LogP contribution is -2.48. The Labute approximate surface area is 263 Å². The molecule has 1 aromatic rings. The van der Waals surface area contributed by atoms with E-state index in [1.54, 1.807) is 16.7 Å². The number of nitrogens with zero attached hydrogens (tertiary/aromatic N) is 2. The SMILES string of the molecule is CC(C)(C)OC(=O)N1CCC(C)(C(=O)Nc2cccc(C(C)(C)C)c2)CC1.CC(C)(C)OC(=O)N1CCC(C)(C(=O)O)CC1. The Kier molecular flexibility index (Phi) is 11.5. The Hall–Kier alpha value is -3.30. The number of ether oxygens (including phenoxy) is 2. The highest BCUT2D eigenvalue weighted by Crippen LogP contribution is 2.34. The van der Waals surface area contributed by atoms with E-state index in [9.17, 15) is 19.2 Å². The Morgan fingerprint density at radius 1 is 0.727 bits per heavy atom. The first kappa shape index (κ1) is 36.9. The van der Waals surface area contributed by atoms with Crippen LogP contribution >= 0.6 is 0 Å². The Morgan fingerprint density at radius 3 is 1.50 bits per heavy atom. The van der Waals surface area contributed by atoms with E-state index in [2.05, 4.69) is 32.2 Å². The summed E-state index contributed by atoms with van der Waals surface area (Å²) in [5.74, 6) is -0.779. The van der Waals surface area contributed by atoms with Gasteiger partial charge in [-0.1, -0.05) is 39.8 Å². The molecule has 3 amide bonds. The predicted octanol–water partition coefficient (Wildman–Crippen LogP) is 7.07. The monoisotopic (exact) mass is 617 g/mol. The number of nitrogens with one attached hydrogen (secondary N) is 1. The number of carboxylic acids is 1. The number of anilines is 1. The van der Waals surface area contributed by atoms with Gasteiger partial charge in [0.2, 0.25) is 5.91 Å². The smallest absolute Gasteiger partial charge is 0.410 e. The number of likely N-dealkylation sites (tertiary alicyclic amines) is 2. The second-order valence-corrected chi connectivity index (χ2v) is 15.6. The third-order valence-electron chi connectivity index (χ3n) is 8.09. The van der Waals surface area contributed by atoms with Crippen molar-refractivity contribution >= 4 is 29.8 Å². The van der Waals surface area contributed by atoms with E-state index < -0.39 is 28.0 Å². The lowest BCUT2D eigenvalue weighted by Gasteiger charge is -2.38. The van der Waals surface area contributed by atoms with Crippen LogP contribution in [0, 0.1) is 10.8 Å². The van der Waals surface area contributed by atoms with Gasteiger partial charge in [0.05, 0.1) is 10.8 Å². The van der Waals surface area contributed by atoms with Gasteiger partial charge in [0.15, 0.2) is 0 Å². The van der Waals surface area contributed by atoms with Gasteiger partial charge in [-0.2, -0.15) is 0 Å². The summed E-state index contributed by atoms with van der Waals surface area (Å²) < 4.78 is 10.7. The van der Waals surface area contributed by atoms with Gasteiger partial charge < -0.3 is 29.7 Å².